The molecule has 0 aliphatic heterocycles. The number of ether oxygens (including phenoxy) is 2. The Morgan fingerprint density at radius 1 is 0.793 bits per heavy atom. The van der Waals surface area contributed by atoms with Crippen LogP contribution in [0.15, 0.2) is 54.6 Å². The SMILES string of the molecule is Cc1cc(Nc2ccc(OC(C)C)cc2)nc(Nc2ccccc2OC(C)C)n1. The van der Waals surface area contributed by atoms with Crippen molar-refractivity contribution < 1.29 is 9.47 Å². The quantitative estimate of drug-likeness (QED) is 0.501. The van der Waals surface area contributed by atoms with Crippen LogP contribution >= 0.6 is 0 Å². The maximum Gasteiger partial charge on any atom is 0.229 e. The molecule has 0 atom stereocenters. The molecule has 3 rings (SSSR count). The fourth-order valence-electron chi connectivity index (χ4n) is 2.77. The number of aryl methyl sites for hydroxylation is 1. The normalized spacial score (nSPS) is 10.9. The largest absolute Gasteiger partial charge is 0.491 e. The Hall–Kier alpha value is -3.28. The van der Waals surface area contributed by atoms with Crippen molar-refractivity contribution in [2.24, 2.45) is 0 Å². The van der Waals surface area contributed by atoms with Crippen LogP contribution in [0.3, 0.4) is 0 Å². The molecule has 0 saturated heterocycles. The predicted octanol–water partition coefficient (Wildman–Crippen LogP) is 5.85. The van der Waals surface area contributed by atoms with Gasteiger partial charge in [0.15, 0.2) is 0 Å². The Kier molecular flexibility index (Phi) is 6.54. The van der Waals surface area contributed by atoms with Crippen LogP contribution in [0.4, 0.5) is 23.1 Å². The number of aromatic nitrogens is 2. The van der Waals surface area contributed by atoms with E-state index in [-0.39, 0.29) is 12.2 Å². The number of hydrogen-bond acceptors (Lipinski definition) is 6. The second-order valence-electron chi connectivity index (χ2n) is 7.32. The van der Waals surface area contributed by atoms with Gasteiger partial charge in [0.25, 0.3) is 0 Å². The van der Waals surface area contributed by atoms with Gasteiger partial charge >= 0.3 is 0 Å². The number of nitrogens with one attached hydrogen (secondary N) is 2. The summed E-state index contributed by atoms with van der Waals surface area (Å²) in [6.45, 7) is 9.95. The van der Waals surface area contributed by atoms with Gasteiger partial charge in [-0.05, 0) is 71.0 Å². The molecule has 0 aliphatic carbocycles. The summed E-state index contributed by atoms with van der Waals surface area (Å²) in [6.07, 6.45) is 0.228. The molecule has 2 N–H and O–H groups in total. The highest BCUT2D eigenvalue weighted by atomic mass is 16.5. The molecular formula is C23H28N4O2. The van der Waals surface area contributed by atoms with Crippen molar-refractivity contribution >= 4 is 23.1 Å². The Bertz CT molecular complexity index is 940. The molecule has 1 heterocycles. The van der Waals surface area contributed by atoms with E-state index in [2.05, 4.69) is 20.6 Å². The summed E-state index contributed by atoms with van der Waals surface area (Å²) < 4.78 is 11.6. The molecule has 29 heavy (non-hydrogen) atoms. The van der Waals surface area contributed by atoms with Crippen molar-refractivity contribution in [2.45, 2.75) is 46.8 Å². The molecule has 6 heteroatoms. The molecule has 0 spiro atoms. The highest BCUT2D eigenvalue weighted by Crippen LogP contribution is 2.28. The van der Waals surface area contributed by atoms with E-state index < -0.39 is 0 Å². The maximum atomic E-state index is 5.87. The van der Waals surface area contributed by atoms with E-state index in [1.807, 2.05) is 89.2 Å². The second-order valence-corrected chi connectivity index (χ2v) is 7.32. The lowest BCUT2D eigenvalue weighted by Gasteiger charge is -2.15. The first kappa shape index (κ1) is 20.5. The summed E-state index contributed by atoms with van der Waals surface area (Å²) in [4.78, 5) is 9.10. The van der Waals surface area contributed by atoms with E-state index in [9.17, 15) is 0 Å². The van der Waals surface area contributed by atoms with Gasteiger partial charge in [-0.1, -0.05) is 12.1 Å². The van der Waals surface area contributed by atoms with Crippen LogP contribution in [0.1, 0.15) is 33.4 Å². The fraction of sp³-hybridized carbons (Fsp3) is 0.304. The number of anilines is 4. The minimum Gasteiger partial charge on any atom is -0.491 e. The van der Waals surface area contributed by atoms with Crippen LogP contribution in [0.5, 0.6) is 11.5 Å². The van der Waals surface area contributed by atoms with E-state index in [0.29, 0.717) is 11.8 Å². The van der Waals surface area contributed by atoms with Gasteiger partial charge in [-0.25, -0.2) is 4.98 Å². The van der Waals surface area contributed by atoms with Crippen LogP contribution in [0.25, 0.3) is 0 Å². The van der Waals surface area contributed by atoms with Gasteiger partial charge in [0.2, 0.25) is 5.95 Å². The second kappa shape index (κ2) is 9.28. The van der Waals surface area contributed by atoms with Gasteiger partial charge in [-0.2, -0.15) is 4.98 Å². The van der Waals surface area contributed by atoms with Crippen molar-refractivity contribution in [3.8, 4) is 11.5 Å². The van der Waals surface area contributed by atoms with E-state index >= 15 is 0 Å². The molecule has 0 bridgehead atoms. The molecule has 0 saturated carbocycles. The molecule has 2 aromatic carbocycles. The first-order valence-electron chi connectivity index (χ1n) is 9.81. The van der Waals surface area contributed by atoms with E-state index in [1.54, 1.807) is 0 Å². The third-order valence-corrected chi connectivity index (χ3v) is 3.85. The summed E-state index contributed by atoms with van der Waals surface area (Å²) >= 11 is 0. The van der Waals surface area contributed by atoms with Gasteiger partial charge in [0, 0.05) is 17.4 Å². The summed E-state index contributed by atoms with van der Waals surface area (Å²) in [7, 11) is 0. The predicted molar refractivity (Wildman–Crippen MR) is 118 cm³/mol. The van der Waals surface area contributed by atoms with Gasteiger partial charge in [0.1, 0.15) is 17.3 Å². The Morgan fingerprint density at radius 3 is 2.17 bits per heavy atom. The highest BCUT2D eigenvalue weighted by Gasteiger charge is 2.09. The molecule has 6 nitrogen and oxygen atoms in total. The van der Waals surface area contributed by atoms with Gasteiger partial charge in [-0.15, -0.1) is 0 Å². The zero-order valence-corrected chi connectivity index (χ0v) is 17.6. The minimum absolute atomic E-state index is 0.0799. The highest BCUT2D eigenvalue weighted by molar-refractivity contribution is 5.64. The van der Waals surface area contributed by atoms with Gasteiger partial charge in [0.05, 0.1) is 17.9 Å². The molecular weight excluding hydrogens is 364 g/mol. The average Bonchev–Trinajstić information content (AvgIpc) is 2.64. The molecule has 152 valence electrons. The zero-order valence-electron chi connectivity index (χ0n) is 17.6. The molecule has 0 radical (unpaired) electrons. The van der Waals surface area contributed by atoms with Crippen LogP contribution in [-0.4, -0.2) is 22.2 Å². The van der Waals surface area contributed by atoms with Crippen LogP contribution in [-0.2, 0) is 0 Å². The summed E-state index contributed by atoms with van der Waals surface area (Å²) in [6, 6.07) is 17.5. The number of benzene rings is 2. The molecule has 3 aromatic rings. The first-order chi connectivity index (χ1) is 13.9. The van der Waals surface area contributed by atoms with Crippen molar-refractivity contribution in [1.82, 2.24) is 9.97 Å². The number of nitrogens with zero attached hydrogens (tertiary/aromatic N) is 2. The molecule has 1 aromatic heterocycles. The van der Waals surface area contributed by atoms with Crippen molar-refractivity contribution in [3.63, 3.8) is 0 Å². The van der Waals surface area contributed by atoms with E-state index in [1.165, 1.54) is 0 Å². The summed E-state index contributed by atoms with van der Waals surface area (Å²) in [5.74, 6) is 2.82. The van der Waals surface area contributed by atoms with Crippen LogP contribution in [0, 0.1) is 6.92 Å². The lowest BCUT2D eigenvalue weighted by molar-refractivity contribution is 0.242. The summed E-state index contributed by atoms with van der Waals surface area (Å²) in [5.41, 5.74) is 2.61. The average molecular weight is 393 g/mol. The fourth-order valence-corrected chi connectivity index (χ4v) is 2.77. The molecule has 0 amide bonds. The maximum absolute atomic E-state index is 5.87. The monoisotopic (exact) mass is 392 g/mol. The topological polar surface area (TPSA) is 68.3 Å². The van der Waals surface area contributed by atoms with Crippen molar-refractivity contribution in [2.75, 3.05) is 10.6 Å². The van der Waals surface area contributed by atoms with Crippen LogP contribution in [0.2, 0.25) is 0 Å². The Balaban J connectivity index is 1.77. The standard InChI is InChI=1S/C23H28N4O2/c1-15(2)28-19-12-10-18(11-13-19)25-22-14-17(5)24-23(27-22)26-20-8-6-7-9-21(20)29-16(3)4/h6-16H,1-5H3,(H2,24,25,26,27). The lowest BCUT2D eigenvalue weighted by Crippen LogP contribution is -2.08. The molecule has 0 fully saturated rings. The third kappa shape index (κ3) is 6.10. The van der Waals surface area contributed by atoms with Gasteiger partial charge in [-0.3, -0.25) is 0 Å². The minimum atomic E-state index is 0.0799. The number of hydrogen-bond donors (Lipinski definition) is 2. The van der Waals surface area contributed by atoms with E-state index in [0.717, 1.165) is 28.6 Å². The first-order valence-corrected chi connectivity index (χ1v) is 9.81. The smallest absolute Gasteiger partial charge is 0.229 e. The summed E-state index contributed by atoms with van der Waals surface area (Å²) in [5, 5.41) is 6.59. The molecule has 0 aliphatic rings. The Labute approximate surface area is 172 Å². The zero-order chi connectivity index (χ0) is 20.8. The Morgan fingerprint density at radius 2 is 1.48 bits per heavy atom. The number of para-hydroxylation sites is 2. The van der Waals surface area contributed by atoms with Crippen molar-refractivity contribution in [1.29, 1.82) is 0 Å². The van der Waals surface area contributed by atoms with Crippen molar-refractivity contribution in [3.05, 3.63) is 60.3 Å². The van der Waals surface area contributed by atoms with E-state index in [4.69, 9.17) is 9.47 Å². The van der Waals surface area contributed by atoms with Crippen LogP contribution < -0.4 is 20.1 Å². The lowest BCUT2D eigenvalue weighted by atomic mass is 10.3. The third-order valence-electron chi connectivity index (χ3n) is 3.85. The van der Waals surface area contributed by atoms with Gasteiger partial charge < -0.3 is 20.1 Å². The number of rotatable bonds is 8. The molecule has 0 unspecified atom stereocenters.